The van der Waals surface area contributed by atoms with Crippen LogP contribution in [-0.4, -0.2) is 72.9 Å². The molecule has 3 heterocycles. The van der Waals surface area contributed by atoms with Crippen molar-refractivity contribution in [2.24, 2.45) is 23.2 Å². The summed E-state index contributed by atoms with van der Waals surface area (Å²) >= 11 is 1.52. The van der Waals surface area contributed by atoms with Crippen molar-refractivity contribution < 1.29 is 32.3 Å². The van der Waals surface area contributed by atoms with Gasteiger partial charge in [-0.3, -0.25) is 19.1 Å². The smallest absolute Gasteiger partial charge is 0.240 e. The number of methoxy groups -OCH3 is 1. The van der Waals surface area contributed by atoms with E-state index in [0.29, 0.717) is 55.8 Å². The Kier molecular flexibility index (Phi) is 9.96. The van der Waals surface area contributed by atoms with E-state index in [-0.39, 0.29) is 29.9 Å². The molecule has 3 aliphatic carbocycles. The van der Waals surface area contributed by atoms with Crippen LogP contribution in [0, 0.1) is 30.1 Å². The third kappa shape index (κ3) is 7.10. The number of fused-ring (bicyclic) bond motifs is 3. The van der Waals surface area contributed by atoms with Crippen LogP contribution in [0.25, 0.3) is 21.6 Å². The number of hydrogen-bond acceptors (Lipinski definition) is 10. The number of benzene rings is 1. The van der Waals surface area contributed by atoms with E-state index in [1.807, 2.05) is 42.7 Å². The minimum Gasteiger partial charge on any atom is -0.496 e. The van der Waals surface area contributed by atoms with E-state index >= 15 is 0 Å². The van der Waals surface area contributed by atoms with Crippen molar-refractivity contribution >= 4 is 49.9 Å². The number of Topliss-reactive ketones (excluding diaryl/α,β-unsaturated/α-hetero) is 1. The van der Waals surface area contributed by atoms with Crippen molar-refractivity contribution in [1.82, 2.24) is 19.6 Å². The van der Waals surface area contributed by atoms with Gasteiger partial charge in [0.15, 0.2) is 0 Å². The standard InChI is InChI=1S/C39H48N4O7S2/c1-22(2)31-21-51-36(41-31)30-18-34(27-13-14-33(49-5)23(3)35(27)40-30)50-25-16-28-29(17-25)37(45)43(4)15-9-7-6-8-10-24-19-39(24,20-32(28)44)38(46)42-52(47,48)26-11-12-26/h8,10,13-14,18,21-22,24-26,28-29H,6-7,9,11-12,15-17,19-20H2,1-5H3,(H,42,46)/b10-8-/t24-,25?,28-,29-,39-/m1/s1. The average molecular weight is 749 g/mol. The van der Waals surface area contributed by atoms with Crippen molar-refractivity contribution in [2.45, 2.75) is 95.8 Å². The molecule has 1 aliphatic heterocycles. The minimum absolute atomic E-state index is 0.107. The van der Waals surface area contributed by atoms with Crippen molar-refractivity contribution in [3.05, 3.63) is 47.0 Å². The molecule has 2 amide bonds. The topological polar surface area (TPSA) is 145 Å². The molecule has 2 aromatic heterocycles. The van der Waals surface area contributed by atoms with E-state index in [1.165, 1.54) is 11.3 Å². The summed E-state index contributed by atoms with van der Waals surface area (Å²) in [7, 11) is -0.379. The van der Waals surface area contributed by atoms with E-state index in [9.17, 15) is 22.8 Å². The van der Waals surface area contributed by atoms with E-state index in [4.69, 9.17) is 19.4 Å². The van der Waals surface area contributed by atoms with Crippen LogP contribution in [0.5, 0.6) is 11.5 Å². The largest absolute Gasteiger partial charge is 0.496 e. The number of nitrogens with zero attached hydrogens (tertiary/aromatic N) is 3. The van der Waals surface area contributed by atoms with Gasteiger partial charge in [0.2, 0.25) is 21.8 Å². The van der Waals surface area contributed by atoms with Gasteiger partial charge in [0.1, 0.15) is 34.1 Å². The highest BCUT2D eigenvalue weighted by molar-refractivity contribution is 7.90. The third-order valence-electron chi connectivity index (χ3n) is 11.4. The van der Waals surface area contributed by atoms with Crippen molar-refractivity contribution in [3.8, 4) is 22.2 Å². The lowest BCUT2D eigenvalue weighted by molar-refractivity contribution is -0.140. The minimum atomic E-state index is -3.79. The summed E-state index contributed by atoms with van der Waals surface area (Å²) in [5.41, 5.74) is 2.08. The number of rotatable bonds is 8. The summed E-state index contributed by atoms with van der Waals surface area (Å²) in [5.74, 6) is -0.909. The Morgan fingerprint density at radius 2 is 1.87 bits per heavy atom. The van der Waals surface area contributed by atoms with Crippen LogP contribution in [0.4, 0.5) is 0 Å². The number of ketones is 1. The Bertz CT molecular complexity index is 2040. The first-order chi connectivity index (χ1) is 24.8. The highest BCUT2D eigenvalue weighted by Crippen LogP contribution is 2.58. The molecule has 1 aromatic carbocycles. The van der Waals surface area contributed by atoms with Gasteiger partial charge in [0.25, 0.3) is 0 Å². The van der Waals surface area contributed by atoms with Gasteiger partial charge in [0.05, 0.1) is 34.9 Å². The number of aryl methyl sites for hydroxylation is 1. The van der Waals surface area contributed by atoms with E-state index in [0.717, 1.165) is 46.4 Å². The Morgan fingerprint density at radius 3 is 2.58 bits per heavy atom. The van der Waals surface area contributed by atoms with Crippen molar-refractivity contribution in [3.63, 3.8) is 0 Å². The molecule has 11 nitrogen and oxygen atoms in total. The molecule has 3 aromatic rings. The molecule has 3 saturated carbocycles. The molecular formula is C39H48N4O7S2. The summed E-state index contributed by atoms with van der Waals surface area (Å²) in [4.78, 5) is 53.7. The number of aromatic nitrogens is 2. The number of carbonyl (C=O) groups is 3. The molecule has 5 atom stereocenters. The van der Waals surface area contributed by atoms with Crippen molar-refractivity contribution in [1.29, 1.82) is 0 Å². The second-order valence-corrected chi connectivity index (χ2v) is 18.2. The second kappa shape index (κ2) is 14.2. The zero-order chi connectivity index (χ0) is 36.9. The average Bonchev–Trinajstić information content (AvgIpc) is 3.98. The second-order valence-electron chi connectivity index (χ2n) is 15.4. The molecule has 4 aliphatic rings. The first-order valence-corrected chi connectivity index (χ1v) is 20.8. The SMILES string of the molecule is COc1ccc2c(OC3C[C@H]4C(=O)C[C@]5(C(=O)NS(=O)(=O)C6CC6)C[C@H]5/C=C\CCCCN(C)C(=O)[C@@H]4C3)cc(-c3nc(C(C)C)cs3)nc2c1C. The van der Waals surface area contributed by atoms with Crippen molar-refractivity contribution in [2.75, 3.05) is 20.7 Å². The number of ether oxygens (including phenoxy) is 2. The maximum atomic E-state index is 14.4. The molecule has 1 N–H and O–H groups in total. The molecule has 7 rings (SSSR count). The Balaban J connectivity index is 1.21. The monoisotopic (exact) mass is 748 g/mol. The lowest BCUT2D eigenvalue weighted by Crippen LogP contribution is -2.42. The predicted octanol–water partition coefficient (Wildman–Crippen LogP) is 6.34. The van der Waals surface area contributed by atoms with Crippen LogP contribution < -0.4 is 14.2 Å². The number of amides is 2. The summed E-state index contributed by atoms with van der Waals surface area (Å²) < 4.78 is 40.4. The molecule has 0 saturated heterocycles. The lowest BCUT2D eigenvalue weighted by Gasteiger charge is -2.26. The Hall–Kier alpha value is -3.84. The summed E-state index contributed by atoms with van der Waals surface area (Å²) in [6.07, 6.45) is 7.95. The Labute approximate surface area is 309 Å². The molecule has 0 radical (unpaired) electrons. The fourth-order valence-electron chi connectivity index (χ4n) is 7.90. The van der Waals surface area contributed by atoms with Gasteiger partial charge >= 0.3 is 0 Å². The number of carbonyl (C=O) groups excluding carboxylic acids is 3. The van der Waals surface area contributed by atoms with Gasteiger partial charge < -0.3 is 14.4 Å². The summed E-state index contributed by atoms with van der Waals surface area (Å²) in [6.45, 7) is 6.73. The Morgan fingerprint density at radius 1 is 1.10 bits per heavy atom. The van der Waals surface area contributed by atoms with Gasteiger partial charge in [-0.25, -0.2) is 18.4 Å². The molecule has 0 bridgehead atoms. The van der Waals surface area contributed by atoms with Crippen LogP contribution in [-0.2, 0) is 24.4 Å². The fraction of sp³-hybridized carbons (Fsp3) is 0.564. The number of hydrogen-bond donors (Lipinski definition) is 1. The van der Waals surface area contributed by atoms with Crippen LogP contribution in [0.3, 0.4) is 0 Å². The highest BCUT2D eigenvalue weighted by atomic mass is 32.2. The maximum Gasteiger partial charge on any atom is 0.240 e. The van der Waals surface area contributed by atoms with Crippen LogP contribution in [0.2, 0.25) is 0 Å². The molecule has 13 heteroatoms. The summed E-state index contributed by atoms with van der Waals surface area (Å²) in [6, 6.07) is 5.70. The first kappa shape index (κ1) is 36.5. The maximum absolute atomic E-state index is 14.4. The van der Waals surface area contributed by atoms with E-state index < -0.39 is 44.5 Å². The highest BCUT2D eigenvalue weighted by Gasteiger charge is 2.61. The fourth-order valence-corrected chi connectivity index (χ4v) is 10.2. The van der Waals surface area contributed by atoms with E-state index in [2.05, 4.69) is 18.6 Å². The molecule has 3 fully saturated rings. The zero-order valence-electron chi connectivity index (χ0n) is 30.5. The number of nitrogens with one attached hydrogen (secondary N) is 1. The molecular weight excluding hydrogens is 701 g/mol. The molecule has 52 heavy (non-hydrogen) atoms. The van der Waals surface area contributed by atoms with E-state index in [1.54, 1.807) is 19.1 Å². The molecule has 0 spiro atoms. The normalized spacial score (nSPS) is 27.5. The first-order valence-electron chi connectivity index (χ1n) is 18.4. The summed E-state index contributed by atoms with van der Waals surface area (Å²) in [5, 5.41) is 3.04. The number of pyridine rings is 1. The number of thiazole rings is 1. The predicted molar refractivity (Wildman–Crippen MR) is 200 cm³/mol. The third-order valence-corrected chi connectivity index (χ3v) is 14.1. The molecule has 278 valence electrons. The number of allylic oxidation sites excluding steroid dienone is 2. The molecule has 1 unspecified atom stereocenters. The van der Waals surface area contributed by atoms with Crippen LogP contribution >= 0.6 is 11.3 Å². The van der Waals surface area contributed by atoms with Gasteiger partial charge in [-0.15, -0.1) is 11.3 Å². The van der Waals surface area contributed by atoms with Gasteiger partial charge in [-0.1, -0.05) is 26.0 Å². The van der Waals surface area contributed by atoms with Gasteiger partial charge in [0, 0.05) is 48.3 Å². The quantitative estimate of drug-likeness (QED) is 0.261. The van der Waals surface area contributed by atoms with Gasteiger partial charge in [-0.05, 0) is 82.3 Å². The zero-order valence-corrected chi connectivity index (χ0v) is 32.1. The van der Waals surface area contributed by atoms with Gasteiger partial charge in [-0.2, -0.15) is 0 Å². The van der Waals surface area contributed by atoms with Crippen LogP contribution in [0.15, 0.2) is 35.7 Å². The number of sulfonamides is 1. The lowest BCUT2D eigenvalue weighted by atomic mass is 9.84. The van der Waals surface area contributed by atoms with Crippen LogP contribution in [0.1, 0.15) is 88.8 Å².